The Morgan fingerprint density at radius 3 is 2.64 bits per heavy atom. The Hall–Kier alpha value is -0.240. The van der Waals surface area contributed by atoms with E-state index in [-0.39, 0.29) is 5.92 Å². The maximum absolute atomic E-state index is 9.63. The van der Waals surface area contributed by atoms with Crippen LogP contribution < -0.4 is 0 Å². The van der Waals surface area contributed by atoms with Crippen LogP contribution in [0.1, 0.15) is 24.8 Å². The molecule has 3 heteroatoms. The first-order valence-corrected chi connectivity index (χ1v) is 5.28. The number of aliphatic hydroxyl groups excluding tert-OH is 1. The van der Waals surface area contributed by atoms with Gasteiger partial charge in [-0.15, -0.1) is 0 Å². The number of benzene rings is 1. The van der Waals surface area contributed by atoms with Crippen LogP contribution in [0.3, 0.4) is 0 Å². The van der Waals surface area contributed by atoms with Crippen molar-refractivity contribution in [2.45, 2.75) is 25.4 Å². The van der Waals surface area contributed by atoms with Crippen LogP contribution >= 0.6 is 23.2 Å². The van der Waals surface area contributed by atoms with Crippen LogP contribution in [-0.4, -0.2) is 11.2 Å². The average Bonchev–Trinajstić information content (AvgIpc) is 2.19. The SMILES string of the molecule is [CH2]C(c1cc(Cl)ccc1Cl)C(O)CC. The van der Waals surface area contributed by atoms with Gasteiger partial charge in [0, 0.05) is 16.0 Å². The molecule has 0 saturated heterocycles. The molecule has 77 valence electrons. The molecule has 0 heterocycles. The summed E-state index contributed by atoms with van der Waals surface area (Å²) in [5, 5.41) is 10.8. The average molecular weight is 232 g/mol. The van der Waals surface area contributed by atoms with Gasteiger partial charge < -0.3 is 5.11 Å². The zero-order valence-electron chi connectivity index (χ0n) is 8.00. The molecule has 1 radical (unpaired) electrons. The monoisotopic (exact) mass is 231 g/mol. The first kappa shape index (κ1) is 11.8. The second kappa shape index (κ2) is 5.01. The van der Waals surface area contributed by atoms with Crippen molar-refractivity contribution in [2.24, 2.45) is 0 Å². The summed E-state index contributed by atoms with van der Waals surface area (Å²) in [6.45, 7) is 5.79. The highest BCUT2D eigenvalue weighted by Crippen LogP contribution is 2.30. The van der Waals surface area contributed by atoms with Gasteiger partial charge in [-0.1, -0.05) is 30.1 Å². The van der Waals surface area contributed by atoms with Crippen molar-refractivity contribution < 1.29 is 5.11 Å². The first-order valence-electron chi connectivity index (χ1n) is 4.52. The smallest absolute Gasteiger partial charge is 0.0606 e. The van der Waals surface area contributed by atoms with E-state index in [9.17, 15) is 5.11 Å². The molecule has 1 aromatic carbocycles. The fraction of sp³-hybridized carbons (Fsp3) is 0.364. The Kier molecular flexibility index (Phi) is 4.24. The van der Waals surface area contributed by atoms with E-state index in [4.69, 9.17) is 23.2 Å². The largest absolute Gasteiger partial charge is 0.393 e. The molecule has 1 nitrogen and oxygen atoms in total. The summed E-state index contributed by atoms with van der Waals surface area (Å²) in [7, 11) is 0. The van der Waals surface area contributed by atoms with Gasteiger partial charge in [0.25, 0.3) is 0 Å². The number of halogens is 2. The molecule has 2 atom stereocenters. The molecule has 0 saturated carbocycles. The summed E-state index contributed by atoms with van der Waals surface area (Å²) in [6.07, 6.45) is 0.169. The summed E-state index contributed by atoms with van der Waals surface area (Å²) in [5.74, 6) is -0.230. The molecule has 2 unspecified atom stereocenters. The molecule has 0 spiro atoms. The quantitative estimate of drug-likeness (QED) is 0.842. The van der Waals surface area contributed by atoms with Crippen molar-refractivity contribution in [1.29, 1.82) is 0 Å². The van der Waals surface area contributed by atoms with Crippen molar-refractivity contribution in [3.8, 4) is 0 Å². The van der Waals surface area contributed by atoms with Crippen LogP contribution in [-0.2, 0) is 0 Å². The molecule has 0 bridgehead atoms. The van der Waals surface area contributed by atoms with E-state index in [1.54, 1.807) is 18.2 Å². The second-order valence-electron chi connectivity index (χ2n) is 3.25. The molecule has 1 rings (SSSR count). The Labute approximate surface area is 94.7 Å². The third-order valence-corrected chi connectivity index (χ3v) is 2.82. The maximum Gasteiger partial charge on any atom is 0.0606 e. The predicted octanol–water partition coefficient (Wildman–Crippen LogP) is 3.68. The van der Waals surface area contributed by atoms with Gasteiger partial charge in [0.15, 0.2) is 0 Å². The first-order chi connectivity index (χ1) is 6.56. The van der Waals surface area contributed by atoms with Crippen LogP contribution in [0.25, 0.3) is 0 Å². The highest BCUT2D eigenvalue weighted by Gasteiger charge is 2.17. The topological polar surface area (TPSA) is 20.2 Å². The molecular weight excluding hydrogens is 219 g/mol. The lowest BCUT2D eigenvalue weighted by atomic mass is 9.94. The molecule has 0 fully saturated rings. The third kappa shape index (κ3) is 2.63. The van der Waals surface area contributed by atoms with Crippen molar-refractivity contribution in [1.82, 2.24) is 0 Å². The summed E-state index contributed by atoms with van der Waals surface area (Å²) in [6, 6.07) is 5.19. The highest BCUT2D eigenvalue weighted by atomic mass is 35.5. The van der Waals surface area contributed by atoms with E-state index < -0.39 is 6.10 Å². The molecular formula is C11H13Cl2O. The molecule has 0 aromatic heterocycles. The molecule has 0 aliphatic rings. The molecule has 0 aliphatic heterocycles. The second-order valence-corrected chi connectivity index (χ2v) is 4.09. The number of hydrogen-bond donors (Lipinski definition) is 1. The van der Waals surface area contributed by atoms with Crippen molar-refractivity contribution in [3.63, 3.8) is 0 Å². The number of rotatable bonds is 3. The van der Waals surface area contributed by atoms with Gasteiger partial charge in [-0.05, 0) is 37.1 Å². The molecule has 0 aliphatic carbocycles. The van der Waals surface area contributed by atoms with Crippen molar-refractivity contribution in [3.05, 3.63) is 40.7 Å². The van der Waals surface area contributed by atoms with Gasteiger partial charge in [-0.25, -0.2) is 0 Å². The summed E-state index contributed by atoms with van der Waals surface area (Å²) in [4.78, 5) is 0. The van der Waals surface area contributed by atoms with Gasteiger partial charge in [-0.3, -0.25) is 0 Å². The minimum Gasteiger partial charge on any atom is -0.393 e. The lowest BCUT2D eigenvalue weighted by Crippen LogP contribution is -2.15. The number of aliphatic hydroxyl groups is 1. The Morgan fingerprint density at radius 2 is 2.07 bits per heavy atom. The van der Waals surface area contributed by atoms with Gasteiger partial charge >= 0.3 is 0 Å². The minimum absolute atomic E-state index is 0.230. The molecule has 14 heavy (non-hydrogen) atoms. The summed E-state index contributed by atoms with van der Waals surface area (Å²) < 4.78 is 0. The van der Waals surface area contributed by atoms with Crippen LogP contribution in [0.5, 0.6) is 0 Å². The number of hydrogen-bond acceptors (Lipinski definition) is 1. The zero-order chi connectivity index (χ0) is 10.7. The van der Waals surface area contributed by atoms with Crippen LogP contribution in [0.15, 0.2) is 18.2 Å². The van der Waals surface area contributed by atoms with Gasteiger partial charge in [-0.2, -0.15) is 0 Å². The van der Waals surface area contributed by atoms with Crippen LogP contribution in [0.4, 0.5) is 0 Å². The molecule has 1 N–H and O–H groups in total. The minimum atomic E-state index is -0.481. The van der Waals surface area contributed by atoms with Crippen LogP contribution in [0.2, 0.25) is 10.0 Å². The van der Waals surface area contributed by atoms with Crippen molar-refractivity contribution in [2.75, 3.05) is 0 Å². The van der Waals surface area contributed by atoms with E-state index >= 15 is 0 Å². The summed E-state index contributed by atoms with van der Waals surface area (Å²) >= 11 is 11.8. The standard InChI is InChI=1S/C11H13Cl2O/c1-3-11(14)7(2)9-6-8(12)4-5-10(9)13/h4-7,11,14H,2-3H2,1H3. The Balaban J connectivity index is 2.99. The van der Waals surface area contributed by atoms with Gasteiger partial charge in [0.05, 0.1) is 6.10 Å². The fourth-order valence-electron chi connectivity index (χ4n) is 1.29. The van der Waals surface area contributed by atoms with Crippen LogP contribution in [0, 0.1) is 6.92 Å². The van der Waals surface area contributed by atoms with E-state index in [0.29, 0.717) is 16.5 Å². The normalized spacial score (nSPS) is 15.2. The Bertz CT molecular complexity index is 312. The van der Waals surface area contributed by atoms with Gasteiger partial charge in [0.1, 0.15) is 0 Å². The third-order valence-electron chi connectivity index (χ3n) is 2.24. The van der Waals surface area contributed by atoms with Crippen molar-refractivity contribution >= 4 is 23.2 Å². The van der Waals surface area contributed by atoms with E-state index in [1.165, 1.54) is 0 Å². The summed E-state index contributed by atoms with van der Waals surface area (Å²) in [5.41, 5.74) is 0.800. The predicted molar refractivity (Wildman–Crippen MR) is 60.9 cm³/mol. The molecule has 0 amide bonds. The van der Waals surface area contributed by atoms with E-state index in [2.05, 4.69) is 6.92 Å². The lowest BCUT2D eigenvalue weighted by molar-refractivity contribution is 0.154. The lowest BCUT2D eigenvalue weighted by Gasteiger charge is -2.18. The molecule has 1 aromatic rings. The Morgan fingerprint density at radius 1 is 1.43 bits per heavy atom. The van der Waals surface area contributed by atoms with E-state index in [1.807, 2.05) is 6.92 Å². The maximum atomic E-state index is 9.63. The fourth-order valence-corrected chi connectivity index (χ4v) is 1.73. The zero-order valence-corrected chi connectivity index (χ0v) is 9.52. The highest BCUT2D eigenvalue weighted by molar-refractivity contribution is 6.33. The van der Waals surface area contributed by atoms with Gasteiger partial charge in [0.2, 0.25) is 0 Å². The van der Waals surface area contributed by atoms with E-state index in [0.717, 1.165) is 5.56 Å².